The number of halogens is 2. The van der Waals surface area contributed by atoms with Crippen LogP contribution in [-0.4, -0.2) is 0 Å². The second-order valence-electron chi connectivity index (χ2n) is 4.08. The van der Waals surface area contributed by atoms with E-state index in [1.54, 1.807) is 0 Å². The van der Waals surface area contributed by atoms with Crippen LogP contribution in [0, 0.1) is 6.92 Å². The van der Waals surface area contributed by atoms with Gasteiger partial charge in [-0.15, -0.1) is 11.3 Å². The predicted molar refractivity (Wildman–Crippen MR) is 80.7 cm³/mol. The second-order valence-corrected chi connectivity index (χ2v) is 6.63. The number of hydrogen-bond donors (Lipinski definition) is 0. The van der Waals surface area contributed by atoms with Crippen molar-refractivity contribution in [2.45, 2.75) is 25.1 Å². The Balaban J connectivity index is 2.32. The smallest absolute Gasteiger partial charge is 0.0738 e. The molecule has 0 amide bonds. The van der Waals surface area contributed by atoms with Crippen LogP contribution in [0.5, 0.6) is 0 Å². The van der Waals surface area contributed by atoms with Gasteiger partial charge in [-0.25, -0.2) is 0 Å². The highest BCUT2D eigenvalue weighted by Crippen LogP contribution is 2.36. The summed E-state index contributed by atoms with van der Waals surface area (Å²) < 4.78 is 0. The number of thiophene rings is 1. The molecule has 1 aromatic carbocycles. The van der Waals surface area contributed by atoms with Crippen molar-refractivity contribution in [3.63, 3.8) is 0 Å². The third kappa shape index (κ3) is 3.12. The van der Waals surface area contributed by atoms with E-state index in [2.05, 4.69) is 48.0 Å². The van der Waals surface area contributed by atoms with E-state index in [9.17, 15) is 0 Å². The number of rotatable bonds is 3. The minimum atomic E-state index is 0.241. The van der Waals surface area contributed by atoms with E-state index >= 15 is 0 Å². The maximum Gasteiger partial charge on any atom is 0.0738 e. The normalized spacial score (nSPS) is 12.7. The van der Waals surface area contributed by atoms with Crippen molar-refractivity contribution in [1.82, 2.24) is 0 Å². The van der Waals surface area contributed by atoms with Crippen molar-refractivity contribution in [2.75, 3.05) is 0 Å². The van der Waals surface area contributed by atoms with E-state index in [4.69, 9.17) is 11.6 Å². The standard InChI is InChI=1S/C14H14BrClS/c1-3-12-4-5-13(17-12)14(15)10-6-9(2)7-11(16)8-10/h4-8,14H,3H2,1-2H3. The minimum absolute atomic E-state index is 0.241. The molecule has 1 unspecified atom stereocenters. The maximum atomic E-state index is 6.10. The number of benzene rings is 1. The first-order valence-electron chi connectivity index (χ1n) is 5.60. The molecule has 1 atom stereocenters. The molecular formula is C14H14BrClS. The topological polar surface area (TPSA) is 0 Å². The molecule has 0 fully saturated rings. The van der Waals surface area contributed by atoms with Crippen LogP contribution in [0.2, 0.25) is 5.02 Å². The highest BCUT2D eigenvalue weighted by Gasteiger charge is 2.13. The van der Waals surface area contributed by atoms with Crippen LogP contribution in [0.4, 0.5) is 0 Å². The number of alkyl halides is 1. The zero-order chi connectivity index (χ0) is 12.4. The lowest BCUT2D eigenvalue weighted by Crippen LogP contribution is -1.90. The molecule has 0 radical (unpaired) electrons. The van der Waals surface area contributed by atoms with Crippen LogP contribution in [-0.2, 0) is 6.42 Å². The average molecular weight is 330 g/mol. The summed E-state index contributed by atoms with van der Waals surface area (Å²) >= 11 is 11.7. The van der Waals surface area contributed by atoms with Gasteiger partial charge in [0.2, 0.25) is 0 Å². The Morgan fingerprint density at radius 2 is 2.06 bits per heavy atom. The van der Waals surface area contributed by atoms with E-state index in [-0.39, 0.29) is 4.83 Å². The van der Waals surface area contributed by atoms with Crippen LogP contribution in [0.15, 0.2) is 30.3 Å². The van der Waals surface area contributed by atoms with E-state index in [1.807, 2.05) is 23.5 Å². The zero-order valence-corrected chi connectivity index (χ0v) is 13.0. The third-order valence-electron chi connectivity index (χ3n) is 2.64. The van der Waals surface area contributed by atoms with Crippen molar-refractivity contribution in [2.24, 2.45) is 0 Å². The highest BCUT2D eigenvalue weighted by atomic mass is 79.9. The Labute approximate surface area is 120 Å². The summed E-state index contributed by atoms with van der Waals surface area (Å²) in [7, 11) is 0. The van der Waals surface area contributed by atoms with Gasteiger partial charge >= 0.3 is 0 Å². The summed E-state index contributed by atoms with van der Waals surface area (Å²) in [6.45, 7) is 4.25. The molecule has 17 heavy (non-hydrogen) atoms. The summed E-state index contributed by atoms with van der Waals surface area (Å²) in [6, 6.07) is 10.6. The van der Waals surface area contributed by atoms with Crippen molar-refractivity contribution < 1.29 is 0 Å². The van der Waals surface area contributed by atoms with Gasteiger partial charge in [-0.2, -0.15) is 0 Å². The SMILES string of the molecule is CCc1ccc(C(Br)c2cc(C)cc(Cl)c2)s1. The van der Waals surface area contributed by atoms with Gasteiger partial charge in [0.15, 0.2) is 0 Å². The Morgan fingerprint density at radius 1 is 1.29 bits per heavy atom. The Morgan fingerprint density at radius 3 is 2.65 bits per heavy atom. The molecule has 90 valence electrons. The van der Waals surface area contributed by atoms with Gasteiger partial charge in [0, 0.05) is 14.8 Å². The van der Waals surface area contributed by atoms with Gasteiger partial charge in [-0.1, -0.05) is 40.5 Å². The largest absolute Gasteiger partial charge is 0.144 e. The summed E-state index contributed by atoms with van der Waals surface area (Å²) in [4.78, 5) is 3.00. The van der Waals surface area contributed by atoms with Crippen molar-refractivity contribution in [1.29, 1.82) is 0 Å². The lowest BCUT2D eigenvalue weighted by molar-refractivity contribution is 1.19. The molecule has 1 aromatic heterocycles. The molecule has 0 aliphatic rings. The summed E-state index contributed by atoms with van der Waals surface area (Å²) in [6.07, 6.45) is 1.10. The molecule has 1 heterocycles. The number of hydrogen-bond acceptors (Lipinski definition) is 1. The van der Waals surface area contributed by atoms with E-state index < -0.39 is 0 Å². The van der Waals surface area contributed by atoms with Gasteiger partial charge in [0.1, 0.15) is 0 Å². The van der Waals surface area contributed by atoms with Gasteiger partial charge < -0.3 is 0 Å². The van der Waals surface area contributed by atoms with Gasteiger partial charge in [0.25, 0.3) is 0 Å². The monoisotopic (exact) mass is 328 g/mol. The van der Waals surface area contributed by atoms with Crippen molar-refractivity contribution in [3.8, 4) is 0 Å². The molecule has 0 nitrogen and oxygen atoms in total. The predicted octanol–water partition coefficient (Wildman–Crippen LogP) is 5.76. The fraction of sp³-hybridized carbons (Fsp3) is 0.286. The quantitative estimate of drug-likeness (QED) is 0.628. The van der Waals surface area contributed by atoms with E-state index in [0.29, 0.717) is 0 Å². The fourth-order valence-electron chi connectivity index (χ4n) is 1.80. The first kappa shape index (κ1) is 13.1. The second kappa shape index (κ2) is 5.55. The highest BCUT2D eigenvalue weighted by molar-refractivity contribution is 9.09. The minimum Gasteiger partial charge on any atom is -0.144 e. The molecule has 0 aliphatic heterocycles. The van der Waals surface area contributed by atoms with Crippen molar-refractivity contribution >= 4 is 38.9 Å². The van der Waals surface area contributed by atoms with Gasteiger partial charge in [0.05, 0.1) is 4.83 Å². The first-order chi connectivity index (χ1) is 8.10. The van der Waals surface area contributed by atoms with Crippen LogP contribution in [0.25, 0.3) is 0 Å². The molecule has 0 bridgehead atoms. The molecule has 2 aromatic rings. The van der Waals surface area contributed by atoms with E-state index in [0.717, 1.165) is 11.4 Å². The van der Waals surface area contributed by atoms with Gasteiger partial charge in [-0.3, -0.25) is 0 Å². The van der Waals surface area contributed by atoms with Crippen LogP contribution < -0.4 is 0 Å². The maximum absolute atomic E-state index is 6.10. The van der Waals surface area contributed by atoms with E-state index in [1.165, 1.54) is 20.9 Å². The molecule has 3 heteroatoms. The molecule has 2 rings (SSSR count). The lowest BCUT2D eigenvalue weighted by Gasteiger charge is -2.09. The van der Waals surface area contributed by atoms with Crippen LogP contribution in [0.1, 0.15) is 32.6 Å². The Hall–Kier alpha value is -0.310. The molecule has 0 saturated heterocycles. The fourth-order valence-corrected chi connectivity index (χ4v) is 3.75. The summed E-state index contributed by atoms with van der Waals surface area (Å²) in [5.74, 6) is 0. The van der Waals surface area contributed by atoms with Crippen LogP contribution in [0.3, 0.4) is 0 Å². The Kier molecular flexibility index (Phi) is 4.29. The third-order valence-corrected chi connectivity index (χ3v) is 5.48. The van der Waals surface area contributed by atoms with Gasteiger partial charge in [-0.05, 0) is 48.7 Å². The molecule has 0 spiro atoms. The molecule has 0 saturated carbocycles. The van der Waals surface area contributed by atoms with Crippen molar-refractivity contribution in [3.05, 3.63) is 56.2 Å². The average Bonchev–Trinajstić information content (AvgIpc) is 2.75. The molecular weight excluding hydrogens is 316 g/mol. The Bertz CT molecular complexity index is 498. The first-order valence-corrected chi connectivity index (χ1v) is 7.71. The van der Waals surface area contributed by atoms with Crippen LogP contribution >= 0.6 is 38.9 Å². The summed E-state index contributed by atoms with van der Waals surface area (Å²) in [5.41, 5.74) is 2.42. The molecule has 0 N–H and O–H groups in total. The molecule has 0 aliphatic carbocycles. The zero-order valence-electron chi connectivity index (χ0n) is 9.84. The number of aryl methyl sites for hydroxylation is 2. The lowest BCUT2D eigenvalue weighted by atomic mass is 10.1. The summed E-state index contributed by atoms with van der Waals surface area (Å²) in [5, 5.41) is 0.803.